The van der Waals surface area contributed by atoms with Gasteiger partial charge in [-0.05, 0) is 96.5 Å². The Labute approximate surface area is 309 Å². The molecule has 52 heavy (non-hydrogen) atoms. The minimum atomic E-state index is -1.17. The number of anilines is 4. The fourth-order valence-electron chi connectivity index (χ4n) is 6.30. The maximum Gasteiger partial charge on any atom is 0.228 e. The predicted octanol–water partition coefficient (Wildman–Crippen LogP) is 9.36. The molecule has 0 spiro atoms. The molecule has 4 aromatic carbocycles. The molecule has 0 saturated carbocycles. The van der Waals surface area contributed by atoms with Gasteiger partial charge in [0.15, 0.2) is 0 Å². The lowest BCUT2D eigenvalue weighted by atomic mass is 9.84. The maximum absolute atomic E-state index is 14.2. The third kappa shape index (κ3) is 12.5. The van der Waals surface area contributed by atoms with Crippen LogP contribution in [0.1, 0.15) is 88.5 Å². The van der Waals surface area contributed by atoms with E-state index in [2.05, 4.69) is 49.0 Å². The summed E-state index contributed by atoms with van der Waals surface area (Å²) in [7, 11) is 0. The number of carbonyl (C=O) groups excluding carboxylic acids is 4. The highest BCUT2D eigenvalue weighted by Crippen LogP contribution is 2.27. The Hall–Kier alpha value is -5.24. The van der Waals surface area contributed by atoms with Crippen LogP contribution in [-0.2, 0) is 44.9 Å². The van der Waals surface area contributed by atoms with Crippen molar-refractivity contribution in [2.24, 2.45) is 11.8 Å². The van der Waals surface area contributed by atoms with Gasteiger partial charge in [-0.2, -0.15) is 0 Å². The zero-order chi connectivity index (χ0) is 37.3. The molecule has 4 amide bonds. The first-order chi connectivity index (χ1) is 25.2. The number of rotatable bonds is 19. The standard InChI is InChI=1S/C44H54N4O4/c1-5-9-31-13-21-35(22-14-31)45-41(49)29-39(43(51)47-37-25-17-33(11-7-3)18-26-37)40(44(52)48-38-27-19-34(12-8-4)20-28-38)30-42(50)46-36-23-15-32(10-6-2)16-24-36/h13-28,39-40H,5-12,29-30H2,1-4H3,(H,45,49)(H,46,50)(H,47,51)(H,48,52). The number of amides is 4. The highest BCUT2D eigenvalue weighted by atomic mass is 16.2. The minimum Gasteiger partial charge on any atom is -0.326 e. The van der Waals surface area contributed by atoms with Crippen molar-refractivity contribution in [2.45, 2.75) is 91.9 Å². The summed E-state index contributed by atoms with van der Waals surface area (Å²) in [5.41, 5.74) is 6.88. The van der Waals surface area contributed by atoms with Gasteiger partial charge in [0.1, 0.15) is 0 Å². The van der Waals surface area contributed by atoms with Gasteiger partial charge in [0.25, 0.3) is 0 Å². The summed E-state index contributed by atoms with van der Waals surface area (Å²) >= 11 is 0. The number of hydrogen-bond donors (Lipinski definition) is 4. The van der Waals surface area contributed by atoms with Crippen LogP contribution >= 0.6 is 0 Å². The summed E-state index contributed by atoms with van der Waals surface area (Å²) in [6.07, 6.45) is 7.05. The second-order valence-corrected chi connectivity index (χ2v) is 13.5. The second-order valence-electron chi connectivity index (χ2n) is 13.5. The summed E-state index contributed by atoms with van der Waals surface area (Å²) in [5, 5.41) is 11.7. The van der Waals surface area contributed by atoms with Crippen LogP contribution in [0.15, 0.2) is 97.1 Å². The SMILES string of the molecule is CCCc1ccc(NC(=O)CC(C(=O)Nc2ccc(CCC)cc2)C(CC(=O)Nc2ccc(CCC)cc2)C(=O)Nc2ccc(CCC)cc2)cc1. The van der Waals surface area contributed by atoms with Gasteiger partial charge in [-0.3, -0.25) is 19.2 Å². The largest absolute Gasteiger partial charge is 0.326 e. The number of carbonyl (C=O) groups is 4. The molecule has 2 unspecified atom stereocenters. The molecule has 4 aromatic rings. The molecule has 8 nitrogen and oxygen atoms in total. The molecule has 0 bridgehead atoms. The van der Waals surface area contributed by atoms with Crippen molar-refractivity contribution in [3.05, 3.63) is 119 Å². The molecule has 0 aliphatic heterocycles. The fourth-order valence-corrected chi connectivity index (χ4v) is 6.30. The minimum absolute atomic E-state index is 0.316. The Morgan fingerprint density at radius 1 is 0.385 bits per heavy atom. The molecule has 274 valence electrons. The summed E-state index contributed by atoms with van der Waals surface area (Å²) < 4.78 is 0. The average Bonchev–Trinajstić information content (AvgIpc) is 3.13. The van der Waals surface area contributed by atoms with Gasteiger partial charge in [0.05, 0.1) is 11.8 Å². The predicted molar refractivity (Wildman–Crippen MR) is 212 cm³/mol. The molecule has 0 radical (unpaired) electrons. The number of benzene rings is 4. The summed E-state index contributed by atoms with van der Waals surface area (Å²) in [5.74, 6) is -4.26. The van der Waals surface area contributed by atoms with E-state index in [0.29, 0.717) is 22.7 Å². The van der Waals surface area contributed by atoms with Crippen LogP contribution in [0.5, 0.6) is 0 Å². The van der Waals surface area contributed by atoms with Crippen molar-refractivity contribution in [3.8, 4) is 0 Å². The van der Waals surface area contributed by atoms with E-state index in [4.69, 9.17) is 0 Å². The number of hydrogen-bond acceptors (Lipinski definition) is 4. The molecule has 2 atom stereocenters. The van der Waals surface area contributed by atoms with Gasteiger partial charge in [0, 0.05) is 35.6 Å². The Kier molecular flexibility index (Phi) is 15.6. The van der Waals surface area contributed by atoms with Crippen LogP contribution < -0.4 is 21.3 Å². The zero-order valence-electron chi connectivity index (χ0n) is 31.1. The molecular formula is C44H54N4O4. The molecule has 0 heterocycles. The first kappa shape index (κ1) is 39.5. The molecule has 0 fully saturated rings. The van der Waals surface area contributed by atoms with Crippen LogP contribution in [-0.4, -0.2) is 23.6 Å². The smallest absolute Gasteiger partial charge is 0.228 e. The monoisotopic (exact) mass is 702 g/mol. The molecule has 0 aliphatic rings. The third-order valence-corrected chi connectivity index (χ3v) is 9.04. The van der Waals surface area contributed by atoms with Crippen molar-refractivity contribution in [1.82, 2.24) is 0 Å². The van der Waals surface area contributed by atoms with Gasteiger partial charge in [-0.15, -0.1) is 0 Å². The Morgan fingerprint density at radius 3 is 0.846 bits per heavy atom. The maximum atomic E-state index is 14.2. The molecule has 8 heteroatoms. The van der Waals surface area contributed by atoms with Crippen LogP contribution in [0.4, 0.5) is 22.7 Å². The first-order valence-corrected chi connectivity index (χ1v) is 18.8. The Balaban J connectivity index is 1.64. The van der Waals surface area contributed by atoms with Crippen LogP contribution in [0.3, 0.4) is 0 Å². The quantitative estimate of drug-likeness (QED) is 0.0779. The van der Waals surface area contributed by atoms with Gasteiger partial charge in [0.2, 0.25) is 23.6 Å². The topological polar surface area (TPSA) is 116 Å². The third-order valence-electron chi connectivity index (χ3n) is 9.04. The van der Waals surface area contributed by atoms with E-state index in [1.54, 1.807) is 0 Å². The molecule has 4 rings (SSSR count). The van der Waals surface area contributed by atoms with Gasteiger partial charge < -0.3 is 21.3 Å². The summed E-state index contributed by atoms with van der Waals surface area (Å²) in [6, 6.07) is 30.3. The lowest BCUT2D eigenvalue weighted by Gasteiger charge is -2.25. The highest BCUT2D eigenvalue weighted by Gasteiger charge is 2.37. The van der Waals surface area contributed by atoms with E-state index in [9.17, 15) is 19.2 Å². The Morgan fingerprint density at radius 2 is 0.615 bits per heavy atom. The van der Waals surface area contributed by atoms with E-state index in [1.165, 1.54) is 0 Å². The van der Waals surface area contributed by atoms with Crippen LogP contribution in [0.2, 0.25) is 0 Å². The zero-order valence-corrected chi connectivity index (χ0v) is 31.1. The van der Waals surface area contributed by atoms with E-state index in [-0.39, 0.29) is 12.8 Å². The molecule has 4 N–H and O–H groups in total. The fraction of sp³-hybridized carbons (Fsp3) is 0.364. The molecule has 0 aliphatic carbocycles. The normalized spacial score (nSPS) is 12.0. The van der Waals surface area contributed by atoms with Crippen molar-refractivity contribution >= 4 is 46.4 Å². The number of aryl methyl sites for hydroxylation is 4. The van der Waals surface area contributed by atoms with Crippen molar-refractivity contribution in [2.75, 3.05) is 21.3 Å². The van der Waals surface area contributed by atoms with E-state index >= 15 is 0 Å². The van der Waals surface area contributed by atoms with Crippen LogP contribution in [0, 0.1) is 11.8 Å². The number of nitrogens with one attached hydrogen (secondary N) is 4. The van der Waals surface area contributed by atoms with Gasteiger partial charge in [-0.1, -0.05) is 102 Å². The van der Waals surface area contributed by atoms with E-state index in [0.717, 1.165) is 73.6 Å². The van der Waals surface area contributed by atoms with Gasteiger partial charge in [-0.25, -0.2) is 0 Å². The lowest BCUT2D eigenvalue weighted by Crippen LogP contribution is -2.40. The van der Waals surface area contributed by atoms with E-state index in [1.807, 2.05) is 97.1 Å². The first-order valence-electron chi connectivity index (χ1n) is 18.8. The Bertz CT molecular complexity index is 1600. The van der Waals surface area contributed by atoms with Crippen molar-refractivity contribution in [1.29, 1.82) is 0 Å². The molecule has 0 aromatic heterocycles. The van der Waals surface area contributed by atoms with Crippen molar-refractivity contribution < 1.29 is 19.2 Å². The average molecular weight is 703 g/mol. The van der Waals surface area contributed by atoms with Gasteiger partial charge >= 0.3 is 0 Å². The van der Waals surface area contributed by atoms with E-state index < -0.39 is 35.5 Å². The molecular weight excluding hydrogens is 649 g/mol. The second kappa shape index (κ2) is 20.6. The van der Waals surface area contributed by atoms with Crippen LogP contribution in [0.25, 0.3) is 0 Å². The summed E-state index contributed by atoms with van der Waals surface area (Å²) in [6.45, 7) is 8.43. The molecule has 0 saturated heterocycles. The van der Waals surface area contributed by atoms with Crippen molar-refractivity contribution in [3.63, 3.8) is 0 Å². The highest BCUT2D eigenvalue weighted by molar-refractivity contribution is 6.05. The summed E-state index contributed by atoms with van der Waals surface area (Å²) in [4.78, 5) is 55.6. The lowest BCUT2D eigenvalue weighted by molar-refractivity contribution is -0.134.